The zero-order valence-corrected chi connectivity index (χ0v) is 18.2. The minimum Gasteiger partial charge on any atom is -0.354 e. The highest BCUT2D eigenvalue weighted by molar-refractivity contribution is 5.81. The minimum atomic E-state index is -0.0696. The Hall–Kier alpha value is -1.69. The van der Waals surface area contributed by atoms with Crippen LogP contribution in [0.3, 0.4) is 0 Å². The van der Waals surface area contributed by atoms with E-state index in [1.165, 1.54) is 12.8 Å². The van der Waals surface area contributed by atoms with Crippen LogP contribution in [-0.2, 0) is 4.79 Å². The largest absolute Gasteiger partial charge is 0.354 e. The molecule has 3 rings (SSSR count). The molecule has 1 unspecified atom stereocenters. The Morgan fingerprint density at radius 3 is 2.32 bits per heavy atom. The molecule has 0 radical (unpaired) electrons. The molecule has 1 aromatic rings. The lowest BCUT2D eigenvalue weighted by Crippen LogP contribution is -2.55. The maximum absolute atomic E-state index is 12.7. The van der Waals surface area contributed by atoms with Gasteiger partial charge in [-0.25, -0.2) is 9.97 Å². The molecule has 1 amide bonds. The first kappa shape index (κ1) is 21.0. The molecule has 156 valence electrons. The quantitative estimate of drug-likeness (QED) is 0.841. The summed E-state index contributed by atoms with van der Waals surface area (Å²) in [5.74, 6) is 3.25. The molecule has 1 saturated carbocycles. The summed E-state index contributed by atoms with van der Waals surface area (Å²) in [6, 6.07) is 2.37. The van der Waals surface area contributed by atoms with E-state index in [-0.39, 0.29) is 11.9 Å². The summed E-state index contributed by atoms with van der Waals surface area (Å²) in [5.41, 5.74) is 1.02. The summed E-state index contributed by atoms with van der Waals surface area (Å²) in [7, 11) is 0. The molecule has 1 atom stereocenters. The van der Waals surface area contributed by atoms with Gasteiger partial charge in [0.2, 0.25) is 5.91 Å². The molecule has 1 N–H and O–H groups in total. The third kappa shape index (κ3) is 5.22. The number of hydrogen-bond donors (Lipinski definition) is 1. The van der Waals surface area contributed by atoms with Gasteiger partial charge in [-0.15, -0.1) is 0 Å². The molecule has 6 heteroatoms. The lowest BCUT2D eigenvalue weighted by molar-refractivity contribution is -0.127. The van der Waals surface area contributed by atoms with E-state index in [2.05, 4.69) is 46.9 Å². The molecule has 1 aliphatic carbocycles. The zero-order chi connectivity index (χ0) is 20.3. The van der Waals surface area contributed by atoms with E-state index in [9.17, 15) is 4.79 Å². The van der Waals surface area contributed by atoms with Gasteiger partial charge in [0, 0.05) is 49.9 Å². The van der Waals surface area contributed by atoms with Crippen molar-refractivity contribution >= 4 is 11.7 Å². The van der Waals surface area contributed by atoms with E-state index in [0.29, 0.717) is 12.0 Å². The molecule has 2 heterocycles. The van der Waals surface area contributed by atoms with Crippen LogP contribution in [0.15, 0.2) is 6.07 Å². The molecular formula is C22H37N5O. The maximum Gasteiger partial charge on any atom is 0.237 e. The fourth-order valence-corrected chi connectivity index (χ4v) is 4.22. The average Bonchev–Trinajstić information content (AvgIpc) is 2.68. The normalized spacial score (nSPS) is 25.0. The van der Waals surface area contributed by atoms with E-state index in [0.717, 1.165) is 62.3 Å². The van der Waals surface area contributed by atoms with Crippen LogP contribution in [0.25, 0.3) is 0 Å². The first-order valence-electron chi connectivity index (χ1n) is 11.0. The summed E-state index contributed by atoms with van der Waals surface area (Å²) in [6.45, 7) is 14.2. The van der Waals surface area contributed by atoms with Crippen LogP contribution in [-0.4, -0.2) is 59.0 Å². The molecule has 0 bridgehead atoms. The van der Waals surface area contributed by atoms with Crippen molar-refractivity contribution in [2.75, 3.05) is 31.1 Å². The number of carbonyl (C=O) groups excluding carboxylic acids is 1. The Balaban J connectivity index is 1.52. The highest BCUT2D eigenvalue weighted by Gasteiger charge is 2.28. The number of nitrogens with zero attached hydrogens (tertiary/aromatic N) is 4. The second-order valence-corrected chi connectivity index (χ2v) is 9.04. The Kier molecular flexibility index (Phi) is 6.91. The van der Waals surface area contributed by atoms with Crippen LogP contribution in [0.2, 0.25) is 0 Å². The minimum absolute atomic E-state index is 0.0696. The number of amides is 1. The van der Waals surface area contributed by atoms with E-state index in [1.54, 1.807) is 0 Å². The van der Waals surface area contributed by atoms with Gasteiger partial charge in [0.15, 0.2) is 0 Å². The van der Waals surface area contributed by atoms with Gasteiger partial charge < -0.3 is 10.2 Å². The van der Waals surface area contributed by atoms with Gasteiger partial charge in [-0.3, -0.25) is 9.69 Å². The average molecular weight is 388 g/mol. The molecule has 0 spiro atoms. The second-order valence-electron chi connectivity index (χ2n) is 9.04. The van der Waals surface area contributed by atoms with Crippen molar-refractivity contribution in [3.05, 3.63) is 17.6 Å². The second kappa shape index (κ2) is 9.21. The number of piperazine rings is 1. The van der Waals surface area contributed by atoms with Crippen molar-refractivity contribution in [2.45, 2.75) is 78.3 Å². The zero-order valence-electron chi connectivity index (χ0n) is 18.2. The summed E-state index contributed by atoms with van der Waals surface area (Å²) < 4.78 is 0. The fourth-order valence-electron chi connectivity index (χ4n) is 4.22. The van der Waals surface area contributed by atoms with Gasteiger partial charge in [-0.2, -0.15) is 0 Å². The van der Waals surface area contributed by atoms with Gasteiger partial charge in [0.05, 0.1) is 6.04 Å². The van der Waals surface area contributed by atoms with Crippen LogP contribution in [0.1, 0.15) is 70.8 Å². The van der Waals surface area contributed by atoms with E-state index >= 15 is 0 Å². The molecule has 2 aliphatic rings. The van der Waals surface area contributed by atoms with Gasteiger partial charge in [0.1, 0.15) is 11.6 Å². The first-order valence-corrected chi connectivity index (χ1v) is 11.0. The van der Waals surface area contributed by atoms with Crippen LogP contribution in [0.5, 0.6) is 0 Å². The summed E-state index contributed by atoms with van der Waals surface area (Å²) in [4.78, 5) is 26.7. The number of carbonyl (C=O) groups is 1. The van der Waals surface area contributed by atoms with Crippen LogP contribution in [0, 0.1) is 12.8 Å². The molecule has 1 aliphatic heterocycles. The molecule has 28 heavy (non-hydrogen) atoms. The highest BCUT2D eigenvalue weighted by atomic mass is 16.2. The van der Waals surface area contributed by atoms with Gasteiger partial charge in [-0.1, -0.05) is 20.8 Å². The van der Waals surface area contributed by atoms with Crippen molar-refractivity contribution in [3.63, 3.8) is 0 Å². The van der Waals surface area contributed by atoms with E-state index < -0.39 is 0 Å². The number of anilines is 1. The van der Waals surface area contributed by atoms with E-state index in [4.69, 9.17) is 4.98 Å². The van der Waals surface area contributed by atoms with Crippen LogP contribution >= 0.6 is 0 Å². The number of hydrogen-bond acceptors (Lipinski definition) is 5. The third-order valence-electron chi connectivity index (χ3n) is 6.30. The number of nitrogens with one attached hydrogen (secondary N) is 1. The predicted octanol–water partition coefficient (Wildman–Crippen LogP) is 3.11. The van der Waals surface area contributed by atoms with Gasteiger partial charge in [-0.05, 0) is 45.4 Å². The smallest absolute Gasteiger partial charge is 0.237 e. The summed E-state index contributed by atoms with van der Waals surface area (Å²) in [5, 5.41) is 3.29. The highest BCUT2D eigenvalue weighted by Crippen LogP contribution is 2.24. The van der Waals surface area contributed by atoms with Crippen molar-refractivity contribution in [1.29, 1.82) is 0 Å². The van der Waals surface area contributed by atoms with E-state index in [1.807, 2.05) is 13.8 Å². The Bertz CT molecular complexity index is 661. The van der Waals surface area contributed by atoms with Crippen molar-refractivity contribution in [3.8, 4) is 0 Å². The van der Waals surface area contributed by atoms with Crippen molar-refractivity contribution in [2.24, 2.45) is 5.92 Å². The lowest BCUT2D eigenvalue weighted by Gasteiger charge is -2.38. The fraction of sp³-hybridized carbons (Fsp3) is 0.773. The van der Waals surface area contributed by atoms with Crippen molar-refractivity contribution < 1.29 is 4.79 Å². The molecule has 1 aromatic heterocycles. The number of aromatic nitrogens is 2. The monoisotopic (exact) mass is 387 g/mol. The Morgan fingerprint density at radius 2 is 1.71 bits per heavy atom. The predicted molar refractivity (Wildman–Crippen MR) is 114 cm³/mol. The SMILES string of the molecule is Cc1cc(N2CCN(C(C)C(=O)NC3CCC(C)CC3)CC2)nc(C(C)C)n1. The van der Waals surface area contributed by atoms with Crippen LogP contribution in [0.4, 0.5) is 5.82 Å². The maximum atomic E-state index is 12.7. The summed E-state index contributed by atoms with van der Waals surface area (Å²) >= 11 is 0. The molecule has 0 aromatic carbocycles. The topological polar surface area (TPSA) is 61.4 Å². The third-order valence-corrected chi connectivity index (χ3v) is 6.30. The lowest BCUT2D eigenvalue weighted by atomic mass is 9.87. The van der Waals surface area contributed by atoms with Crippen LogP contribution < -0.4 is 10.2 Å². The summed E-state index contributed by atoms with van der Waals surface area (Å²) in [6.07, 6.45) is 4.71. The standard InChI is InChI=1S/C22H37N5O/c1-15(2)21-23-17(4)14-20(25-21)27-12-10-26(11-13-27)18(5)22(28)24-19-8-6-16(3)7-9-19/h14-16,18-19H,6-13H2,1-5H3,(H,24,28). The Morgan fingerprint density at radius 1 is 1.07 bits per heavy atom. The van der Waals surface area contributed by atoms with Gasteiger partial charge in [0.25, 0.3) is 0 Å². The molecule has 6 nitrogen and oxygen atoms in total. The number of aryl methyl sites for hydroxylation is 1. The first-order chi connectivity index (χ1) is 13.3. The molecule has 1 saturated heterocycles. The van der Waals surface area contributed by atoms with Gasteiger partial charge >= 0.3 is 0 Å². The van der Waals surface area contributed by atoms with Crippen molar-refractivity contribution in [1.82, 2.24) is 20.2 Å². The molecule has 2 fully saturated rings. The number of rotatable bonds is 5. The molecular weight excluding hydrogens is 350 g/mol. The Labute approximate surface area is 170 Å².